The first kappa shape index (κ1) is 17.0. The Morgan fingerprint density at radius 1 is 0.920 bits per heavy atom. The van der Waals surface area contributed by atoms with Gasteiger partial charge in [-0.15, -0.1) is 0 Å². The molecule has 25 heavy (non-hydrogen) atoms. The second-order valence-electron chi connectivity index (χ2n) is 5.25. The quantitative estimate of drug-likeness (QED) is 0.461. The van der Waals surface area contributed by atoms with Crippen LogP contribution in [0.3, 0.4) is 0 Å². The van der Waals surface area contributed by atoms with Crippen molar-refractivity contribution in [1.82, 2.24) is 0 Å². The molecule has 0 heterocycles. The third-order valence-corrected chi connectivity index (χ3v) is 3.69. The lowest BCUT2D eigenvalue weighted by atomic mass is 10.2. The van der Waals surface area contributed by atoms with Crippen LogP contribution in [0.4, 0.5) is 4.39 Å². The van der Waals surface area contributed by atoms with Crippen molar-refractivity contribution in [2.24, 2.45) is 0 Å². The molecule has 3 aromatic rings. The number of esters is 1. The maximum atomic E-state index is 12.9. The van der Waals surface area contributed by atoms with Gasteiger partial charge in [-0.2, -0.15) is 0 Å². The van der Waals surface area contributed by atoms with Crippen LogP contribution in [0.15, 0.2) is 72.8 Å². The van der Waals surface area contributed by atoms with Gasteiger partial charge in [0.2, 0.25) is 0 Å². The fourth-order valence-electron chi connectivity index (χ4n) is 2.17. The first-order chi connectivity index (χ1) is 12.1. The first-order valence-electron chi connectivity index (χ1n) is 7.56. The number of ether oxygens (including phenoxy) is 2. The lowest BCUT2D eigenvalue weighted by Gasteiger charge is -2.11. The standard InChI is InChI=1S/C20H14ClFO3/c21-15-7-5-14(6-8-15)13-24-19-4-2-1-3-18(19)20(23)25-17-11-9-16(22)10-12-17/h1-12H,13H2. The molecule has 0 aliphatic heterocycles. The number of para-hydroxylation sites is 1. The molecule has 0 aromatic heterocycles. The normalized spacial score (nSPS) is 10.3. The summed E-state index contributed by atoms with van der Waals surface area (Å²) in [5.41, 5.74) is 1.21. The Morgan fingerprint density at radius 2 is 1.60 bits per heavy atom. The number of benzene rings is 3. The molecule has 0 unspecified atom stereocenters. The van der Waals surface area contributed by atoms with E-state index in [1.165, 1.54) is 24.3 Å². The Balaban J connectivity index is 1.72. The van der Waals surface area contributed by atoms with Crippen molar-refractivity contribution in [1.29, 1.82) is 0 Å². The number of carbonyl (C=O) groups is 1. The van der Waals surface area contributed by atoms with Crippen LogP contribution in [0.1, 0.15) is 15.9 Å². The van der Waals surface area contributed by atoms with E-state index in [1.54, 1.807) is 36.4 Å². The summed E-state index contributed by atoms with van der Waals surface area (Å²) in [5.74, 6) is -0.298. The molecule has 0 aliphatic rings. The second kappa shape index (κ2) is 7.81. The SMILES string of the molecule is O=C(Oc1ccc(F)cc1)c1ccccc1OCc1ccc(Cl)cc1. The van der Waals surface area contributed by atoms with Crippen LogP contribution in [0, 0.1) is 5.82 Å². The highest BCUT2D eigenvalue weighted by Crippen LogP contribution is 2.22. The van der Waals surface area contributed by atoms with Gasteiger partial charge in [-0.05, 0) is 54.1 Å². The molecular formula is C20H14ClFO3. The van der Waals surface area contributed by atoms with Crippen LogP contribution in [0.5, 0.6) is 11.5 Å². The first-order valence-corrected chi connectivity index (χ1v) is 7.93. The van der Waals surface area contributed by atoms with Gasteiger partial charge in [-0.25, -0.2) is 9.18 Å². The topological polar surface area (TPSA) is 35.5 Å². The van der Waals surface area contributed by atoms with Crippen molar-refractivity contribution >= 4 is 17.6 Å². The number of carbonyl (C=O) groups excluding carboxylic acids is 1. The molecule has 0 atom stereocenters. The van der Waals surface area contributed by atoms with Crippen molar-refractivity contribution in [3.8, 4) is 11.5 Å². The summed E-state index contributed by atoms with van der Waals surface area (Å²) in [6.45, 7) is 0.290. The minimum Gasteiger partial charge on any atom is -0.488 e. The predicted molar refractivity (Wildman–Crippen MR) is 93.6 cm³/mol. The highest BCUT2D eigenvalue weighted by atomic mass is 35.5. The zero-order valence-corrected chi connectivity index (χ0v) is 13.9. The zero-order chi connectivity index (χ0) is 17.6. The van der Waals surface area contributed by atoms with E-state index in [2.05, 4.69) is 0 Å². The lowest BCUT2D eigenvalue weighted by Crippen LogP contribution is -2.11. The monoisotopic (exact) mass is 356 g/mol. The molecule has 3 nitrogen and oxygen atoms in total. The second-order valence-corrected chi connectivity index (χ2v) is 5.69. The molecule has 0 amide bonds. The van der Waals surface area contributed by atoms with E-state index >= 15 is 0 Å². The molecular weight excluding hydrogens is 343 g/mol. The van der Waals surface area contributed by atoms with Crippen LogP contribution in [-0.2, 0) is 6.61 Å². The Kier molecular flexibility index (Phi) is 5.31. The van der Waals surface area contributed by atoms with Gasteiger partial charge < -0.3 is 9.47 Å². The molecule has 0 saturated heterocycles. The largest absolute Gasteiger partial charge is 0.488 e. The van der Waals surface area contributed by atoms with Crippen LogP contribution in [0.25, 0.3) is 0 Å². The summed E-state index contributed by atoms with van der Waals surface area (Å²) in [5, 5.41) is 0.645. The van der Waals surface area contributed by atoms with Gasteiger partial charge in [0.25, 0.3) is 0 Å². The highest BCUT2D eigenvalue weighted by molar-refractivity contribution is 6.30. The highest BCUT2D eigenvalue weighted by Gasteiger charge is 2.14. The minimum absolute atomic E-state index is 0.263. The molecule has 0 N–H and O–H groups in total. The summed E-state index contributed by atoms with van der Waals surface area (Å²) >= 11 is 5.86. The smallest absolute Gasteiger partial charge is 0.347 e. The molecule has 0 radical (unpaired) electrons. The van der Waals surface area contributed by atoms with E-state index in [1.807, 2.05) is 12.1 Å². The number of hydrogen-bond acceptors (Lipinski definition) is 3. The molecule has 3 rings (SSSR count). The van der Waals surface area contributed by atoms with Gasteiger partial charge in [0.05, 0.1) is 0 Å². The Bertz CT molecular complexity index is 861. The van der Waals surface area contributed by atoms with Crippen molar-refractivity contribution in [2.45, 2.75) is 6.61 Å². The molecule has 0 spiro atoms. The number of rotatable bonds is 5. The van der Waals surface area contributed by atoms with Gasteiger partial charge in [-0.1, -0.05) is 35.9 Å². The predicted octanol–water partition coefficient (Wildman–Crippen LogP) is 5.28. The molecule has 0 aliphatic carbocycles. The average Bonchev–Trinajstić information content (AvgIpc) is 2.63. The molecule has 126 valence electrons. The van der Waals surface area contributed by atoms with E-state index in [0.29, 0.717) is 16.3 Å². The maximum Gasteiger partial charge on any atom is 0.347 e. The van der Waals surface area contributed by atoms with Crippen molar-refractivity contribution in [3.05, 3.63) is 94.8 Å². The molecule has 3 aromatic carbocycles. The van der Waals surface area contributed by atoms with E-state index in [-0.39, 0.29) is 12.4 Å². The zero-order valence-electron chi connectivity index (χ0n) is 13.1. The summed E-state index contributed by atoms with van der Waals surface area (Å²) < 4.78 is 23.9. The fraction of sp³-hybridized carbons (Fsp3) is 0.0500. The van der Waals surface area contributed by atoms with Gasteiger partial charge in [0.1, 0.15) is 29.5 Å². The van der Waals surface area contributed by atoms with Crippen molar-refractivity contribution in [3.63, 3.8) is 0 Å². The summed E-state index contributed by atoms with van der Waals surface area (Å²) in [6, 6.07) is 19.3. The lowest BCUT2D eigenvalue weighted by molar-refractivity contribution is 0.0729. The Labute approximate surface area is 149 Å². The van der Waals surface area contributed by atoms with Gasteiger partial charge in [-0.3, -0.25) is 0 Å². The summed E-state index contributed by atoms with van der Waals surface area (Å²) in [4.78, 5) is 12.4. The van der Waals surface area contributed by atoms with Crippen LogP contribution in [-0.4, -0.2) is 5.97 Å². The van der Waals surface area contributed by atoms with E-state index in [9.17, 15) is 9.18 Å². The van der Waals surface area contributed by atoms with E-state index in [0.717, 1.165) is 5.56 Å². The van der Waals surface area contributed by atoms with Crippen molar-refractivity contribution in [2.75, 3.05) is 0 Å². The molecule has 5 heteroatoms. The molecule has 0 fully saturated rings. The van der Waals surface area contributed by atoms with Gasteiger partial charge in [0.15, 0.2) is 0 Å². The number of hydrogen-bond donors (Lipinski definition) is 0. The van der Waals surface area contributed by atoms with E-state index in [4.69, 9.17) is 21.1 Å². The van der Waals surface area contributed by atoms with Crippen LogP contribution in [0.2, 0.25) is 5.02 Å². The Hall–Kier alpha value is -2.85. The molecule has 0 saturated carbocycles. The van der Waals surface area contributed by atoms with Gasteiger partial charge in [0, 0.05) is 5.02 Å². The maximum absolute atomic E-state index is 12.9. The number of halogens is 2. The summed E-state index contributed by atoms with van der Waals surface area (Å²) in [6.07, 6.45) is 0. The minimum atomic E-state index is -0.571. The van der Waals surface area contributed by atoms with Gasteiger partial charge >= 0.3 is 5.97 Å². The third kappa shape index (κ3) is 4.58. The molecule has 0 bridgehead atoms. The fourth-order valence-corrected chi connectivity index (χ4v) is 2.29. The van der Waals surface area contributed by atoms with Crippen LogP contribution < -0.4 is 9.47 Å². The third-order valence-electron chi connectivity index (χ3n) is 3.44. The van der Waals surface area contributed by atoms with E-state index < -0.39 is 11.8 Å². The Morgan fingerprint density at radius 3 is 2.32 bits per heavy atom. The summed E-state index contributed by atoms with van der Waals surface area (Å²) in [7, 11) is 0. The average molecular weight is 357 g/mol. The van der Waals surface area contributed by atoms with Crippen molar-refractivity contribution < 1.29 is 18.7 Å². The van der Waals surface area contributed by atoms with Crippen LogP contribution >= 0.6 is 11.6 Å².